The van der Waals surface area contributed by atoms with Crippen LogP contribution in [-0.2, 0) is 0 Å². The van der Waals surface area contributed by atoms with Gasteiger partial charge >= 0.3 is 0 Å². The number of nitriles is 1. The number of anilines is 2. The summed E-state index contributed by atoms with van der Waals surface area (Å²) in [6.07, 6.45) is 5.07. The van der Waals surface area contributed by atoms with Gasteiger partial charge in [0.15, 0.2) is 11.6 Å². The molecule has 1 atom stereocenters. The van der Waals surface area contributed by atoms with Crippen molar-refractivity contribution in [2.75, 3.05) is 23.3 Å². The summed E-state index contributed by atoms with van der Waals surface area (Å²) in [4.78, 5) is 11.3. The van der Waals surface area contributed by atoms with Crippen LogP contribution in [0.5, 0.6) is 0 Å². The Morgan fingerprint density at radius 2 is 2.09 bits per heavy atom. The van der Waals surface area contributed by atoms with Gasteiger partial charge in [-0.25, -0.2) is 9.97 Å². The second-order valence-electron chi connectivity index (χ2n) is 7.46. The van der Waals surface area contributed by atoms with Gasteiger partial charge in [0, 0.05) is 35.9 Å². The molecule has 0 amide bonds. The fourth-order valence-corrected chi connectivity index (χ4v) is 4.26. The third kappa shape index (κ3) is 4.02. The smallest absolute Gasteiger partial charge is 0.220 e. The third-order valence-electron chi connectivity index (χ3n) is 5.28. The van der Waals surface area contributed by atoms with E-state index in [-0.39, 0.29) is 6.04 Å². The van der Waals surface area contributed by atoms with Crippen molar-refractivity contribution in [2.24, 2.45) is 0 Å². The molecular weight excluding hydrogens is 449 g/mol. The van der Waals surface area contributed by atoms with Crippen molar-refractivity contribution in [3.05, 3.63) is 58.5 Å². The Balaban J connectivity index is 1.45. The lowest BCUT2D eigenvalue weighted by molar-refractivity contribution is 0.525. The number of fused-ring (bicyclic) bond motifs is 1. The van der Waals surface area contributed by atoms with E-state index in [1.165, 1.54) is 0 Å². The third-order valence-corrected chi connectivity index (χ3v) is 5.83. The molecule has 4 aromatic rings. The van der Waals surface area contributed by atoms with E-state index < -0.39 is 0 Å². The number of hydrogen-bond donors (Lipinski definition) is 1. The van der Waals surface area contributed by atoms with E-state index in [9.17, 15) is 0 Å². The average molecular weight is 466 g/mol. The minimum absolute atomic E-state index is 0.157. The molecule has 32 heavy (non-hydrogen) atoms. The first-order valence-electron chi connectivity index (χ1n) is 10.0. The zero-order valence-corrected chi connectivity index (χ0v) is 18.3. The number of aromatic nitrogens is 6. The van der Waals surface area contributed by atoms with E-state index in [0.29, 0.717) is 45.0 Å². The molecule has 160 valence electrons. The SMILES string of the molecule is N#Cc1ccc(NC2CCCN(c3nc(-c4ccc(Cl)cc4Cl)nn4cnnc34)C2)nc1. The maximum atomic E-state index is 8.96. The van der Waals surface area contributed by atoms with Crippen molar-refractivity contribution in [3.63, 3.8) is 0 Å². The van der Waals surface area contributed by atoms with Crippen molar-refractivity contribution in [3.8, 4) is 17.5 Å². The highest BCUT2D eigenvalue weighted by atomic mass is 35.5. The lowest BCUT2D eigenvalue weighted by atomic mass is 10.1. The highest BCUT2D eigenvalue weighted by molar-refractivity contribution is 6.36. The summed E-state index contributed by atoms with van der Waals surface area (Å²) in [5.41, 5.74) is 1.79. The van der Waals surface area contributed by atoms with Gasteiger partial charge in [0.25, 0.3) is 0 Å². The molecular formula is C21H17Cl2N9. The van der Waals surface area contributed by atoms with Gasteiger partial charge in [0.05, 0.1) is 10.6 Å². The highest BCUT2D eigenvalue weighted by Crippen LogP contribution is 2.30. The Morgan fingerprint density at radius 1 is 1.19 bits per heavy atom. The number of piperidine rings is 1. The average Bonchev–Trinajstić information content (AvgIpc) is 3.28. The summed E-state index contributed by atoms with van der Waals surface area (Å²) in [6, 6.07) is 11.0. The number of nitrogens with zero attached hydrogens (tertiary/aromatic N) is 8. The van der Waals surface area contributed by atoms with Crippen molar-refractivity contribution in [1.82, 2.24) is 29.8 Å². The number of nitrogens with one attached hydrogen (secondary N) is 1. The van der Waals surface area contributed by atoms with Gasteiger partial charge < -0.3 is 10.2 Å². The first-order chi connectivity index (χ1) is 15.6. The molecule has 0 aliphatic carbocycles. The van der Waals surface area contributed by atoms with Crippen LogP contribution in [0.25, 0.3) is 17.0 Å². The molecule has 4 heterocycles. The highest BCUT2D eigenvalue weighted by Gasteiger charge is 2.25. The molecule has 1 saturated heterocycles. The number of rotatable bonds is 4. The van der Waals surface area contributed by atoms with E-state index in [1.807, 2.05) is 6.07 Å². The van der Waals surface area contributed by atoms with Gasteiger partial charge in [-0.05, 0) is 43.2 Å². The van der Waals surface area contributed by atoms with Crippen LogP contribution in [0, 0.1) is 11.3 Å². The molecule has 3 aromatic heterocycles. The molecule has 0 spiro atoms. The topological polar surface area (TPSA) is 108 Å². The molecule has 1 fully saturated rings. The van der Waals surface area contributed by atoms with Gasteiger partial charge in [-0.15, -0.1) is 15.3 Å². The lowest BCUT2D eigenvalue weighted by Gasteiger charge is -2.34. The Bertz CT molecular complexity index is 1310. The van der Waals surface area contributed by atoms with Gasteiger partial charge in [-0.1, -0.05) is 23.2 Å². The predicted molar refractivity (Wildman–Crippen MR) is 122 cm³/mol. The molecule has 1 aliphatic rings. The Hall–Kier alpha value is -3.48. The van der Waals surface area contributed by atoms with Crippen molar-refractivity contribution >= 4 is 40.5 Å². The number of hydrogen-bond acceptors (Lipinski definition) is 8. The van der Waals surface area contributed by atoms with Crippen LogP contribution >= 0.6 is 23.2 Å². The minimum Gasteiger partial charge on any atom is -0.366 e. The molecule has 9 nitrogen and oxygen atoms in total. The zero-order chi connectivity index (χ0) is 22.1. The number of halogens is 2. The predicted octanol–water partition coefficient (Wildman–Crippen LogP) is 3.84. The molecule has 1 aliphatic heterocycles. The summed E-state index contributed by atoms with van der Waals surface area (Å²) in [7, 11) is 0. The Labute approximate surface area is 193 Å². The summed E-state index contributed by atoms with van der Waals surface area (Å²) < 4.78 is 1.61. The van der Waals surface area contributed by atoms with E-state index in [4.69, 9.17) is 33.4 Å². The van der Waals surface area contributed by atoms with Crippen molar-refractivity contribution in [2.45, 2.75) is 18.9 Å². The van der Waals surface area contributed by atoms with Crippen molar-refractivity contribution in [1.29, 1.82) is 5.26 Å². The van der Waals surface area contributed by atoms with Crippen LogP contribution in [0.15, 0.2) is 42.9 Å². The lowest BCUT2D eigenvalue weighted by Crippen LogP contribution is -2.43. The first-order valence-corrected chi connectivity index (χ1v) is 10.8. The molecule has 0 saturated carbocycles. The Kier molecular flexibility index (Phi) is 5.47. The van der Waals surface area contributed by atoms with Crippen LogP contribution in [0.4, 0.5) is 11.6 Å². The molecule has 11 heteroatoms. The van der Waals surface area contributed by atoms with Crippen LogP contribution in [-0.4, -0.2) is 48.9 Å². The van der Waals surface area contributed by atoms with Gasteiger partial charge in [0.2, 0.25) is 5.65 Å². The second-order valence-corrected chi connectivity index (χ2v) is 8.30. The quantitative estimate of drug-likeness (QED) is 0.484. The van der Waals surface area contributed by atoms with E-state index in [1.54, 1.807) is 41.3 Å². The molecule has 1 aromatic carbocycles. The van der Waals surface area contributed by atoms with E-state index in [2.05, 4.69) is 36.6 Å². The van der Waals surface area contributed by atoms with Crippen LogP contribution < -0.4 is 10.2 Å². The molecule has 0 radical (unpaired) electrons. The van der Waals surface area contributed by atoms with Gasteiger partial charge in [-0.3, -0.25) is 0 Å². The molecule has 1 N–H and O–H groups in total. The zero-order valence-electron chi connectivity index (χ0n) is 16.8. The maximum absolute atomic E-state index is 8.96. The van der Waals surface area contributed by atoms with Gasteiger partial charge in [0.1, 0.15) is 18.2 Å². The van der Waals surface area contributed by atoms with Crippen LogP contribution in [0.3, 0.4) is 0 Å². The normalized spacial score (nSPS) is 16.2. The standard InChI is InChI=1S/C21H17Cl2N9/c22-14-4-5-16(17(23)8-14)19-28-20(21-29-26-12-32(21)30-19)31-7-1-2-15(11-31)27-18-6-3-13(9-24)10-25-18/h3-6,8,10,12,15H,1-2,7,11H2,(H,25,27). The molecule has 1 unspecified atom stereocenters. The Morgan fingerprint density at radius 3 is 2.88 bits per heavy atom. The largest absolute Gasteiger partial charge is 0.366 e. The molecule has 0 bridgehead atoms. The fraction of sp³-hybridized carbons (Fsp3) is 0.238. The first kappa shape index (κ1) is 20.4. The summed E-state index contributed by atoms with van der Waals surface area (Å²) in [5, 5.41) is 26.2. The number of benzene rings is 1. The fourth-order valence-electron chi connectivity index (χ4n) is 3.76. The minimum atomic E-state index is 0.157. The number of pyridine rings is 1. The summed E-state index contributed by atoms with van der Waals surface area (Å²) >= 11 is 12.5. The summed E-state index contributed by atoms with van der Waals surface area (Å²) in [6.45, 7) is 1.53. The van der Waals surface area contributed by atoms with Crippen LogP contribution in [0.2, 0.25) is 10.0 Å². The van der Waals surface area contributed by atoms with E-state index in [0.717, 1.165) is 25.2 Å². The van der Waals surface area contributed by atoms with Gasteiger partial charge in [-0.2, -0.15) is 9.78 Å². The monoisotopic (exact) mass is 465 g/mol. The summed E-state index contributed by atoms with van der Waals surface area (Å²) in [5.74, 6) is 1.90. The van der Waals surface area contributed by atoms with Crippen molar-refractivity contribution < 1.29 is 0 Å². The second kappa shape index (κ2) is 8.57. The van der Waals surface area contributed by atoms with Crippen LogP contribution in [0.1, 0.15) is 18.4 Å². The maximum Gasteiger partial charge on any atom is 0.220 e. The molecule has 5 rings (SSSR count). The van der Waals surface area contributed by atoms with E-state index >= 15 is 0 Å².